The first kappa shape index (κ1) is 59.0. The molecule has 0 aliphatic carbocycles. The Bertz CT molecular complexity index is 2000. The number of esters is 1. The van der Waals surface area contributed by atoms with Crippen molar-refractivity contribution in [2.75, 3.05) is 48.1 Å². The second-order valence-electron chi connectivity index (χ2n) is 21.4. The molecular formula is C57H89N2O12P. The summed E-state index contributed by atoms with van der Waals surface area (Å²) in [7, 11) is 6.24. The van der Waals surface area contributed by atoms with Gasteiger partial charge >= 0.3 is 264 Å². The van der Waals surface area contributed by atoms with Crippen LogP contribution >= 0.6 is 7.26 Å². The monoisotopic (exact) mass is 1020 g/mol. The molecule has 5 rings (SSSR count). The van der Waals surface area contributed by atoms with E-state index in [0.29, 0.717) is 19.3 Å². The number of carbonyl (C=O) groups excluding carboxylic acids is 2. The number of benzene rings is 3. The molecule has 3 aromatic carbocycles. The summed E-state index contributed by atoms with van der Waals surface area (Å²) in [5, 5.41) is 51.5. The van der Waals surface area contributed by atoms with Crippen LogP contribution in [0.4, 0.5) is 0 Å². The molecule has 0 saturated carbocycles. The minimum absolute atomic E-state index is 0.173. The van der Waals surface area contributed by atoms with Crippen molar-refractivity contribution < 1.29 is 58.4 Å². The van der Waals surface area contributed by atoms with E-state index in [1.807, 2.05) is 69.2 Å². The first-order chi connectivity index (χ1) is 34.1. The molecule has 15 heteroatoms. The fourth-order valence-corrected chi connectivity index (χ4v) is 16.3. The van der Waals surface area contributed by atoms with E-state index in [1.54, 1.807) is 53.9 Å². The number of aliphatic hydroxyl groups excluding tert-OH is 2. The number of cyclic esters (lactones) is 1. The summed E-state index contributed by atoms with van der Waals surface area (Å²) < 4.78 is 35.4. The van der Waals surface area contributed by atoms with E-state index in [9.17, 15) is 30.0 Å². The number of rotatable bonds is 18. The number of likely N-dealkylation sites (N-methyl/N-ethyl adjacent to an activating group) is 1. The van der Waals surface area contributed by atoms with Gasteiger partial charge in [0.05, 0.1) is 23.7 Å². The first-order valence-electron chi connectivity index (χ1n) is 26.4. The zero-order valence-corrected chi connectivity index (χ0v) is 46.3. The summed E-state index contributed by atoms with van der Waals surface area (Å²) in [6.07, 6.45) is 1.47. The van der Waals surface area contributed by atoms with Crippen LogP contribution in [0.3, 0.4) is 0 Å². The van der Waals surface area contributed by atoms with Crippen LogP contribution in [0, 0.1) is 11.8 Å². The Morgan fingerprint density at radius 1 is 0.778 bits per heavy atom. The second-order valence-corrected chi connectivity index (χ2v) is 25.4. The van der Waals surface area contributed by atoms with Crippen molar-refractivity contribution in [1.29, 1.82) is 0 Å². The van der Waals surface area contributed by atoms with Gasteiger partial charge < -0.3 is 34.4 Å². The molecule has 4 N–H and O–H groups in total. The Morgan fingerprint density at radius 2 is 1.28 bits per heavy atom. The van der Waals surface area contributed by atoms with Crippen molar-refractivity contribution in [3.63, 3.8) is 0 Å². The van der Waals surface area contributed by atoms with Gasteiger partial charge in [0.1, 0.15) is 12.2 Å². The topological polar surface area (TPSA) is 177 Å². The Kier molecular flexibility index (Phi) is 21.8. The molecule has 404 valence electrons. The van der Waals surface area contributed by atoms with Gasteiger partial charge in [0.25, 0.3) is 0 Å². The summed E-state index contributed by atoms with van der Waals surface area (Å²) in [5.41, 5.74) is -3.37. The van der Waals surface area contributed by atoms with E-state index < -0.39 is 73.0 Å². The fraction of sp³-hybridized carbons (Fsp3) is 0.649. The van der Waals surface area contributed by atoms with E-state index in [0.717, 1.165) is 49.1 Å². The van der Waals surface area contributed by atoms with Crippen LogP contribution in [0.1, 0.15) is 119 Å². The van der Waals surface area contributed by atoms with Gasteiger partial charge in [-0.05, 0) is 60.0 Å². The van der Waals surface area contributed by atoms with E-state index in [4.69, 9.17) is 28.4 Å². The molecule has 0 aromatic heterocycles. The molecule has 2 saturated heterocycles. The minimum atomic E-state index is -2.60. The molecule has 12 atom stereocenters. The average Bonchev–Trinajstić information content (AvgIpc) is 3.36. The summed E-state index contributed by atoms with van der Waals surface area (Å²) in [4.78, 5) is 31.7. The third-order valence-electron chi connectivity index (χ3n) is 15.7. The van der Waals surface area contributed by atoms with Crippen LogP contribution in [0.15, 0.2) is 72.8 Å². The van der Waals surface area contributed by atoms with Gasteiger partial charge in [0, 0.05) is 6.04 Å². The minimum Gasteiger partial charge on any atom is -0.383 e. The van der Waals surface area contributed by atoms with Crippen molar-refractivity contribution in [2.45, 2.75) is 179 Å². The van der Waals surface area contributed by atoms with Crippen molar-refractivity contribution >= 4 is 35.1 Å². The Hall–Kier alpha value is -3.85. The molecule has 2 fully saturated rings. The van der Waals surface area contributed by atoms with Gasteiger partial charge in [0.2, 0.25) is 0 Å². The molecule has 2 heterocycles. The molecule has 2 aliphatic heterocycles. The number of nitrogens with zero attached hydrogens (tertiary/aromatic N) is 2. The van der Waals surface area contributed by atoms with E-state index in [-0.39, 0.29) is 50.3 Å². The second kappa shape index (κ2) is 26.6. The van der Waals surface area contributed by atoms with Gasteiger partial charge in [-0.25, -0.2) is 0 Å². The molecule has 72 heavy (non-hydrogen) atoms. The molecule has 3 aromatic rings. The number of unbranched alkanes of at least 4 members (excludes halogenated alkanes) is 4. The zero-order valence-electron chi connectivity index (χ0n) is 45.3. The zero-order chi connectivity index (χ0) is 53.0. The smallest absolute Gasteiger partial charge is 0.383 e. The number of methoxy groups -OCH3 is 3. The van der Waals surface area contributed by atoms with Gasteiger partial charge in [-0.15, -0.1) is 0 Å². The molecule has 1 amide bonds. The van der Waals surface area contributed by atoms with Crippen LogP contribution < -0.4 is 30.1 Å². The quantitative estimate of drug-likeness (QED) is 0.0599. The van der Waals surface area contributed by atoms with Crippen LogP contribution in [0.5, 0.6) is 17.2 Å². The van der Waals surface area contributed by atoms with E-state index >= 15 is 0 Å². The normalized spacial score (nSPS) is 30.5. The van der Waals surface area contributed by atoms with Crippen molar-refractivity contribution in [3.05, 3.63) is 72.8 Å². The number of amides is 1. The molecule has 14 nitrogen and oxygen atoms in total. The third-order valence-corrected chi connectivity index (χ3v) is 20.8. The third kappa shape index (κ3) is 14.3. The van der Waals surface area contributed by atoms with Gasteiger partial charge in [-0.3, -0.25) is 4.79 Å². The molecule has 0 bridgehead atoms. The van der Waals surface area contributed by atoms with Gasteiger partial charge in [-0.1, -0.05) is 20.8 Å². The summed E-state index contributed by atoms with van der Waals surface area (Å²) in [5.74, 6) is 0.606. The Labute approximate surface area is 431 Å². The molecular weight excluding hydrogens is 936 g/mol. The molecule has 0 spiro atoms. The number of ether oxygens (including phenoxy) is 6. The fourth-order valence-electron chi connectivity index (χ4n) is 11.4. The van der Waals surface area contributed by atoms with Gasteiger partial charge in [-0.2, -0.15) is 0 Å². The SMILES string of the molecule is CC[C@H]1OC(=O)[C@H](C)C[C@H](C)[C@@H](O[C@@H]2O[C@H](C)C[C@H](N(C)C)[C@H]2O)[C@](C)(O)CCCN(C(=O)CCCCCCC[PH](c2ccc(OC)cc2)(c2ccc(OC)cc2)c2ccc(OC)cc2)[C@H](C)[C@@H](O)[C@]1(C)O. The van der Waals surface area contributed by atoms with Crippen molar-refractivity contribution in [2.24, 2.45) is 11.8 Å². The number of carbonyl (C=O) groups is 2. The Morgan fingerprint density at radius 3 is 1.76 bits per heavy atom. The molecule has 2 aliphatic rings. The predicted octanol–water partition coefficient (Wildman–Crippen LogP) is 6.75. The van der Waals surface area contributed by atoms with E-state index in [2.05, 4.69) is 36.4 Å². The number of hydrogen-bond donors (Lipinski definition) is 4. The average molecular weight is 1030 g/mol. The summed E-state index contributed by atoms with van der Waals surface area (Å²) in [6, 6.07) is 24.3. The standard InChI is InChI=1S/C57H89N2O12P/c1-13-49-57(7,65)52(62)41(5)59(34-19-33-56(6,64)53(38(2)36-39(3)54(63)70-49)71-55-51(61)48(58(8)9)37-40(4)69-55)50(60)20-17-15-14-16-18-35-72(45-27-21-42(66-10)22-28-45,46-29-23-43(67-11)24-30-46)47-31-25-44(68-12)26-32-47/h21-32,38-41,48-49,51-53,55,61-62,64-65,72H,13-20,33-37H2,1-12H3/t38-,39+,40+,41+,48-,49+,51+,52+,53+,55-,56+,57+/m0/s1. The Balaban J connectivity index is 1.33. The number of aliphatic hydroxyl groups is 4. The predicted molar refractivity (Wildman–Crippen MR) is 287 cm³/mol. The van der Waals surface area contributed by atoms with Crippen LogP contribution in [0.2, 0.25) is 0 Å². The van der Waals surface area contributed by atoms with Crippen LogP contribution in [-0.4, -0.2) is 150 Å². The number of hydrogen-bond acceptors (Lipinski definition) is 13. The maximum atomic E-state index is 14.4. The van der Waals surface area contributed by atoms with E-state index in [1.165, 1.54) is 22.8 Å². The molecule has 0 radical (unpaired) electrons. The van der Waals surface area contributed by atoms with Gasteiger partial charge in [0.15, 0.2) is 6.29 Å². The molecule has 0 unspecified atom stereocenters. The van der Waals surface area contributed by atoms with Crippen molar-refractivity contribution in [1.82, 2.24) is 9.80 Å². The van der Waals surface area contributed by atoms with Crippen molar-refractivity contribution in [3.8, 4) is 17.2 Å². The van der Waals surface area contributed by atoms with Crippen LogP contribution in [0.25, 0.3) is 0 Å². The maximum absolute atomic E-state index is 14.4. The first-order valence-corrected chi connectivity index (χ1v) is 28.6. The van der Waals surface area contributed by atoms with Crippen LogP contribution in [-0.2, 0) is 23.8 Å². The summed E-state index contributed by atoms with van der Waals surface area (Å²) >= 11 is 0. The summed E-state index contributed by atoms with van der Waals surface area (Å²) in [6.45, 7) is 12.4.